The average Bonchev–Trinajstić information content (AvgIpc) is 2.79. The first-order chi connectivity index (χ1) is 15.7. The van der Waals surface area contributed by atoms with E-state index >= 15 is 0 Å². The normalized spacial score (nSPS) is 10.5. The molecule has 0 bridgehead atoms. The average molecular weight is 467 g/mol. The summed E-state index contributed by atoms with van der Waals surface area (Å²) in [4.78, 5) is 22.9. The molecular formula is C26H26O6S. The molecule has 0 aliphatic rings. The van der Waals surface area contributed by atoms with E-state index in [0.29, 0.717) is 12.8 Å². The molecule has 7 heteroatoms. The minimum atomic E-state index is -4.17. The first-order valence-electron chi connectivity index (χ1n) is 10.7. The van der Waals surface area contributed by atoms with Crippen LogP contribution in [-0.4, -0.2) is 30.6 Å². The molecule has 0 fully saturated rings. The summed E-state index contributed by atoms with van der Waals surface area (Å²) in [6.45, 7) is 4.04. The van der Waals surface area contributed by atoms with E-state index in [2.05, 4.69) is 23.7 Å². The van der Waals surface area contributed by atoms with Gasteiger partial charge in [0, 0.05) is 24.0 Å². The number of hydrogen-bond donors (Lipinski definition) is 2. The summed E-state index contributed by atoms with van der Waals surface area (Å²) in [6, 6.07) is 7.40. The Hall–Kier alpha value is -3.55. The zero-order valence-corrected chi connectivity index (χ0v) is 19.5. The van der Waals surface area contributed by atoms with Crippen LogP contribution in [0.25, 0.3) is 0 Å². The molecule has 0 unspecified atom stereocenters. The molecule has 0 radical (unpaired) electrons. The van der Waals surface area contributed by atoms with Crippen LogP contribution in [-0.2, 0) is 9.84 Å². The number of aromatic carboxylic acids is 2. The fraction of sp³-hybridized carbons (Fsp3) is 0.308. The Bertz CT molecular complexity index is 1170. The number of rotatable bonds is 8. The van der Waals surface area contributed by atoms with Crippen LogP contribution in [0.4, 0.5) is 0 Å². The molecule has 2 aromatic rings. The first kappa shape index (κ1) is 25.7. The molecule has 6 nitrogen and oxygen atoms in total. The number of carboxylic acid groups (broad SMARTS) is 2. The molecular weight excluding hydrogens is 440 g/mol. The van der Waals surface area contributed by atoms with Crippen molar-refractivity contribution in [2.24, 2.45) is 0 Å². The molecule has 0 spiro atoms. The van der Waals surface area contributed by atoms with Gasteiger partial charge < -0.3 is 10.2 Å². The third-order valence-corrected chi connectivity index (χ3v) is 6.57. The minimum absolute atomic E-state index is 0.224. The van der Waals surface area contributed by atoms with E-state index in [4.69, 9.17) is 0 Å². The van der Waals surface area contributed by atoms with Gasteiger partial charge in [-0.3, -0.25) is 0 Å². The smallest absolute Gasteiger partial charge is 0.337 e. The summed E-state index contributed by atoms with van der Waals surface area (Å²) < 4.78 is 26.3. The maximum atomic E-state index is 13.1. The molecule has 0 saturated carbocycles. The molecule has 0 amide bonds. The second kappa shape index (κ2) is 11.9. The van der Waals surface area contributed by atoms with Crippen molar-refractivity contribution in [2.45, 2.75) is 62.2 Å². The fourth-order valence-electron chi connectivity index (χ4n) is 2.93. The Labute approximate surface area is 194 Å². The molecule has 2 rings (SSSR count). The highest BCUT2D eigenvalue weighted by Crippen LogP contribution is 2.25. The molecule has 2 aromatic carbocycles. The van der Waals surface area contributed by atoms with Crippen LogP contribution >= 0.6 is 0 Å². The lowest BCUT2D eigenvalue weighted by molar-refractivity contribution is 0.0685. The van der Waals surface area contributed by atoms with E-state index < -0.39 is 21.8 Å². The van der Waals surface area contributed by atoms with Crippen molar-refractivity contribution in [2.75, 3.05) is 0 Å². The highest BCUT2D eigenvalue weighted by molar-refractivity contribution is 7.91. The molecule has 0 heterocycles. The minimum Gasteiger partial charge on any atom is -0.478 e. The van der Waals surface area contributed by atoms with E-state index in [-0.39, 0.29) is 32.0 Å². The highest BCUT2D eigenvalue weighted by Gasteiger charge is 2.23. The predicted octanol–water partition coefficient (Wildman–Crippen LogP) is 5.00. The van der Waals surface area contributed by atoms with Crippen molar-refractivity contribution < 1.29 is 28.2 Å². The standard InChI is InChI=1S/C26H26O6S/c1-3-5-7-9-11-19-13-15-21(17-23(19)25(27)28)33(31,32)22-16-14-20(12-10-8-6-4-2)24(18-22)26(29)30/h13-18H,3-8H2,1-2H3,(H,27,28)(H,29,30). The summed E-state index contributed by atoms with van der Waals surface area (Å²) in [5.41, 5.74) is -0.00292. The number of hydrogen-bond acceptors (Lipinski definition) is 4. The van der Waals surface area contributed by atoms with Gasteiger partial charge in [0.15, 0.2) is 0 Å². The van der Waals surface area contributed by atoms with Gasteiger partial charge in [0.25, 0.3) is 0 Å². The van der Waals surface area contributed by atoms with Crippen LogP contribution < -0.4 is 0 Å². The van der Waals surface area contributed by atoms with Crippen molar-refractivity contribution in [3.05, 3.63) is 58.7 Å². The predicted molar refractivity (Wildman–Crippen MR) is 125 cm³/mol. The lowest BCUT2D eigenvalue weighted by Crippen LogP contribution is -2.09. The maximum Gasteiger partial charge on any atom is 0.337 e. The Morgan fingerprint density at radius 3 is 1.48 bits per heavy atom. The van der Waals surface area contributed by atoms with Crippen molar-refractivity contribution in [3.63, 3.8) is 0 Å². The van der Waals surface area contributed by atoms with E-state index in [9.17, 15) is 28.2 Å². The van der Waals surface area contributed by atoms with Gasteiger partial charge in [-0.25, -0.2) is 18.0 Å². The number of unbranched alkanes of at least 4 members (excludes halogenated alkanes) is 4. The lowest BCUT2D eigenvalue weighted by atomic mass is 10.1. The molecule has 0 aliphatic heterocycles. The summed E-state index contributed by atoms with van der Waals surface area (Å²) in [6.07, 6.45) is 4.90. The van der Waals surface area contributed by atoms with Crippen LogP contribution in [0.3, 0.4) is 0 Å². The topological polar surface area (TPSA) is 109 Å². The SMILES string of the molecule is CCCCC#Cc1ccc(S(=O)(=O)c2ccc(C#CCCCC)c(C(=O)O)c2)cc1C(=O)O. The number of benzene rings is 2. The van der Waals surface area contributed by atoms with Crippen molar-refractivity contribution >= 4 is 21.8 Å². The van der Waals surface area contributed by atoms with Gasteiger partial charge in [0.2, 0.25) is 9.84 Å². The second-order valence-electron chi connectivity index (χ2n) is 7.34. The molecule has 0 saturated heterocycles. The van der Waals surface area contributed by atoms with Crippen molar-refractivity contribution in [1.29, 1.82) is 0 Å². The third-order valence-electron chi connectivity index (χ3n) is 4.82. The zero-order chi connectivity index (χ0) is 24.4. The Kier molecular flexibility index (Phi) is 9.27. The van der Waals surface area contributed by atoms with Crippen LogP contribution in [0.2, 0.25) is 0 Å². The van der Waals surface area contributed by atoms with E-state index in [1.807, 2.05) is 13.8 Å². The molecule has 33 heavy (non-hydrogen) atoms. The Morgan fingerprint density at radius 1 is 0.758 bits per heavy atom. The largest absolute Gasteiger partial charge is 0.478 e. The third kappa shape index (κ3) is 6.71. The summed E-state index contributed by atoms with van der Waals surface area (Å²) in [5, 5.41) is 19.1. The van der Waals surface area contributed by atoms with Gasteiger partial charge in [-0.05, 0) is 49.2 Å². The quantitative estimate of drug-likeness (QED) is 0.419. The Balaban J connectivity index is 2.50. The summed E-state index contributed by atoms with van der Waals surface area (Å²) >= 11 is 0. The van der Waals surface area contributed by atoms with E-state index in [0.717, 1.165) is 37.8 Å². The van der Waals surface area contributed by atoms with Gasteiger partial charge in [0.05, 0.1) is 20.9 Å². The second-order valence-corrected chi connectivity index (χ2v) is 9.29. The lowest BCUT2D eigenvalue weighted by Gasteiger charge is -2.09. The molecule has 172 valence electrons. The molecule has 0 atom stereocenters. The van der Waals surface area contributed by atoms with Gasteiger partial charge in [-0.2, -0.15) is 0 Å². The van der Waals surface area contributed by atoms with Crippen molar-refractivity contribution in [3.8, 4) is 23.7 Å². The van der Waals surface area contributed by atoms with Gasteiger partial charge in [-0.1, -0.05) is 50.4 Å². The number of sulfone groups is 1. The Morgan fingerprint density at radius 2 is 1.15 bits per heavy atom. The van der Waals surface area contributed by atoms with E-state index in [1.54, 1.807) is 0 Å². The fourth-order valence-corrected chi connectivity index (χ4v) is 4.25. The molecule has 0 aliphatic carbocycles. The van der Waals surface area contributed by atoms with Gasteiger partial charge in [-0.15, -0.1) is 0 Å². The van der Waals surface area contributed by atoms with Gasteiger partial charge in [0.1, 0.15) is 0 Å². The summed E-state index contributed by atoms with van der Waals surface area (Å²) in [5.74, 6) is 8.78. The monoisotopic (exact) mass is 466 g/mol. The van der Waals surface area contributed by atoms with E-state index in [1.165, 1.54) is 24.3 Å². The van der Waals surface area contributed by atoms with Gasteiger partial charge >= 0.3 is 11.9 Å². The molecule has 0 aromatic heterocycles. The first-order valence-corrected chi connectivity index (χ1v) is 12.2. The number of carboxylic acids is 2. The van der Waals surface area contributed by atoms with Crippen molar-refractivity contribution in [1.82, 2.24) is 0 Å². The van der Waals surface area contributed by atoms with Crippen LogP contribution in [0.15, 0.2) is 46.2 Å². The number of carbonyl (C=O) groups is 2. The zero-order valence-electron chi connectivity index (χ0n) is 18.6. The van der Waals surface area contributed by atoms with Crippen LogP contribution in [0.5, 0.6) is 0 Å². The maximum absolute atomic E-state index is 13.1. The van der Waals surface area contributed by atoms with Crippen LogP contribution in [0.1, 0.15) is 84.2 Å². The highest BCUT2D eigenvalue weighted by atomic mass is 32.2. The summed E-state index contributed by atoms with van der Waals surface area (Å²) in [7, 11) is -4.17. The van der Waals surface area contributed by atoms with Crippen LogP contribution in [0, 0.1) is 23.7 Å². The molecule has 2 N–H and O–H groups in total.